The lowest BCUT2D eigenvalue weighted by atomic mass is 10.3. The Hall–Kier alpha value is -1.91. The third kappa shape index (κ3) is 3.55. The summed E-state index contributed by atoms with van der Waals surface area (Å²) in [7, 11) is 1.56. The number of nitrogens with one attached hydrogen (secondary N) is 1. The van der Waals surface area contributed by atoms with Crippen molar-refractivity contribution in [3.05, 3.63) is 18.2 Å². The molecule has 1 fully saturated rings. The van der Waals surface area contributed by atoms with Gasteiger partial charge in [0, 0.05) is 17.8 Å². The van der Waals surface area contributed by atoms with Crippen LogP contribution >= 0.6 is 0 Å². The predicted molar refractivity (Wildman–Crippen MR) is 68.7 cm³/mol. The number of carbonyl (C=O) groups is 1. The molecule has 0 unspecified atom stereocenters. The van der Waals surface area contributed by atoms with E-state index in [4.69, 9.17) is 15.2 Å². The smallest absolute Gasteiger partial charge is 0.223 e. The number of carbonyl (C=O) groups excluding carboxylic acids is 1. The molecule has 1 amide bonds. The van der Waals surface area contributed by atoms with E-state index in [1.807, 2.05) is 0 Å². The van der Waals surface area contributed by atoms with Crippen molar-refractivity contribution in [1.29, 1.82) is 0 Å². The molecule has 0 bridgehead atoms. The first-order chi connectivity index (χ1) is 8.69. The molecular weight excluding hydrogens is 232 g/mol. The monoisotopic (exact) mass is 250 g/mol. The summed E-state index contributed by atoms with van der Waals surface area (Å²) in [6, 6.07) is 5.57. The van der Waals surface area contributed by atoms with E-state index >= 15 is 0 Å². The van der Waals surface area contributed by atoms with Crippen molar-refractivity contribution in [3.8, 4) is 11.5 Å². The molecule has 5 heteroatoms. The summed E-state index contributed by atoms with van der Waals surface area (Å²) < 4.78 is 10.7. The summed E-state index contributed by atoms with van der Waals surface area (Å²) in [6.07, 6.45) is 2.54. The minimum absolute atomic E-state index is 0.0342. The van der Waals surface area contributed by atoms with Crippen molar-refractivity contribution in [2.75, 3.05) is 19.5 Å². The molecular formula is C13H18N2O3. The molecule has 0 radical (unpaired) electrons. The Bertz CT molecular complexity index is 430. The highest BCUT2D eigenvalue weighted by Gasteiger charge is 2.22. The molecule has 0 aliphatic heterocycles. The average Bonchev–Trinajstić information content (AvgIpc) is 3.14. The van der Waals surface area contributed by atoms with Gasteiger partial charge in [-0.3, -0.25) is 4.79 Å². The van der Waals surface area contributed by atoms with Crippen LogP contribution in [0.25, 0.3) is 0 Å². The molecule has 98 valence electrons. The number of hydrogen-bond acceptors (Lipinski definition) is 4. The van der Waals surface area contributed by atoms with Crippen LogP contribution in [0.2, 0.25) is 0 Å². The van der Waals surface area contributed by atoms with Crippen LogP contribution in [0.5, 0.6) is 11.5 Å². The third-order valence-corrected chi connectivity index (χ3v) is 2.72. The second-order valence-electron chi connectivity index (χ2n) is 4.35. The Balaban J connectivity index is 1.79. The summed E-state index contributed by atoms with van der Waals surface area (Å²) in [5.74, 6) is 1.22. The van der Waals surface area contributed by atoms with Crippen molar-refractivity contribution >= 4 is 11.6 Å². The highest BCUT2D eigenvalue weighted by Crippen LogP contribution is 2.29. The summed E-state index contributed by atoms with van der Waals surface area (Å²) in [5.41, 5.74) is 6.26. The van der Waals surface area contributed by atoms with Crippen molar-refractivity contribution in [3.63, 3.8) is 0 Å². The topological polar surface area (TPSA) is 73.6 Å². The largest absolute Gasteiger partial charge is 0.493 e. The van der Waals surface area contributed by atoms with Gasteiger partial charge in [0.15, 0.2) is 11.5 Å². The molecule has 0 spiro atoms. The van der Waals surface area contributed by atoms with Gasteiger partial charge >= 0.3 is 0 Å². The van der Waals surface area contributed by atoms with Gasteiger partial charge in [-0.25, -0.2) is 0 Å². The molecule has 0 saturated heterocycles. The summed E-state index contributed by atoms with van der Waals surface area (Å²) in [6.45, 7) is 0.332. The van der Waals surface area contributed by atoms with E-state index < -0.39 is 0 Å². The molecule has 5 nitrogen and oxygen atoms in total. The minimum Gasteiger partial charge on any atom is -0.493 e. The van der Waals surface area contributed by atoms with Crippen LogP contribution in [-0.2, 0) is 4.79 Å². The molecule has 18 heavy (non-hydrogen) atoms. The maximum Gasteiger partial charge on any atom is 0.223 e. The second kappa shape index (κ2) is 5.62. The van der Waals surface area contributed by atoms with Crippen LogP contribution in [0.4, 0.5) is 5.69 Å². The first kappa shape index (κ1) is 12.5. The normalized spacial score (nSPS) is 14.1. The van der Waals surface area contributed by atoms with E-state index in [-0.39, 0.29) is 5.91 Å². The Morgan fingerprint density at radius 3 is 2.89 bits per heavy atom. The molecule has 1 aliphatic carbocycles. The Morgan fingerprint density at radius 1 is 1.44 bits per heavy atom. The summed E-state index contributed by atoms with van der Waals surface area (Å²) >= 11 is 0. The maximum atomic E-state index is 11.4. The van der Waals surface area contributed by atoms with E-state index in [0.29, 0.717) is 36.3 Å². The van der Waals surface area contributed by atoms with Gasteiger partial charge in [-0.1, -0.05) is 0 Å². The highest BCUT2D eigenvalue weighted by atomic mass is 16.5. The first-order valence-corrected chi connectivity index (χ1v) is 6.04. The van der Waals surface area contributed by atoms with Crippen LogP contribution in [0.15, 0.2) is 18.2 Å². The van der Waals surface area contributed by atoms with Gasteiger partial charge < -0.3 is 20.5 Å². The van der Waals surface area contributed by atoms with E-state index in [1.54, 1.807) is 25.3 Å². The summed E-state index contributed by atoms with van der Waals surface area (Å²) in [4.78, 5) is 11.4. The van der Waals surface area contributed by atoms with Crippen LogP contribution < -0.4 is 20.5 Å². The van der Waals surface area contributed by atoms with Gasteiger partial charge in [0.1, 0.15) is 0 Å². The maximum absolute atomic E-state index is 11.4. The Labute approximate surface area is 106 Å². The Morgan fingerprint density at radius 2 is 2.22 bits per heavy atom. The fourth-order valence-corrected chi connectivity index (χ4v) is 1.58. The second-order valence-corrected chi connectivity index (χ2v) is 4.35. The molecule has 2 rings (SSSR count). The number of nitrogen functional groups attached to an aromatic ring is 1. The van der Waals surface area contributed by atoms with Crippen molar-refractivity contribution < 1.29 is 14.3 Å². The SMILES string of the molecule is COc1cc(N)ccc1OCCC(=O)NC1CC1. The van der Waals surface area contributed by atoms with Gasteiger partial charge in [0.25, 0.3) is 0 Å². The van der Waals surface area contributed by atoms with Gasteiger partial charge in [-0.2, -0.15) is 0 Å². The van der Waals surface area contributed by atoms with E-state index in [2.05, 4.69) is 5.32 Å². The average molecular weight is 250 g/mol. The van der Waals surface area contributed by atoms with Gasteiger partial charge in [-0.05, 0) is 25.0 Å². The lowest BCUT2D eigenvalue weighted by Gasteiger charge is -2.11. The van der Waals surface area contributed by atoms with Crippen molar-refractivity contribution in [2.24, 2.45) is 0 Å². The number of amides is 1. The van der Waals surface area contributed by atoms with Crippen molar-refractivity contribution in [2.45, 2.75) is 25.3 Å². The molecule has 1 aromatic carbocycles. The van der Waals surface area contributed by atoms with E-state index in [0.717, 1.165) is 12.8 Å². The fraction of sp³-hybridized carbons (Fsp3) is 0.462. The third-order valence-electron chi connectivity index (χ3n) is 2.72. The highest BCUT2D eigenvalue weighted by molar-refractivity contribution is 5.76. The number of nitrogens with two attached hydrogens (primary N) is 1. The minimum atomic E-state index is 0.0342. The zero-order chi connectivity index (χ0) is 13.0. The molecule has 0 aromatic heterocycles. The number of ether oxygens (including phenoxy) is 2. The molecule has 1 aromatic rings. The predicted octanol–water partition coefficient (Wildman–Crippen LogP) is 1.32. The van der Waals surface area contributed by atoms with Crippen LogP contribution in [0.3, 0.4) is 0 Å². The molecule has 1 aliphatic rings. The van der Waals surface area contributed by atoms with Crippen LogP contribution in [0.1, 0.15) is 19.3 Å². The van der Waals surface area contributed by atoms with E-state index in [9.17, 15) is 4.79 Å². The number of hydrogen-bond donors (Lipinski definition) is 2. The number of rotatable bonds is 6. The first-order valence-electron chi connectivity index (χ1n) is 6.04. The fourth-order valence-electron chi connectivity index (χ4n) is 1.58. The van der Waals surface area contributed by atoms with Gasteiger partial charge in [0.05, 0.1) is 20.1 Å². The van der Waals surface area contributed by atoms with Crippen LogP contribution in [-0.4, -0.2) is 25.7 Å². The van der Waals surface area contributed by atoms with Gasteiger partial charge in [-0.15, -0.1) is 0 Å². The van der Waals surface area contributed by atoms with Gasteiger partial charge in [0.2, 0.25) is 5.91 Å². The van der Waals surface area contributed by atoms with E-state index in [1.165, 1.54) is 0 Å². The quantitative estimate of drug-likeness (QED) is 0.747. The number of benzene rings is 1. The Kier molecular flexibility index (Phi) is 3.92. The number of methoxy groups -OCH3 is 1. The lowest BCUT2D eigenvalue weighted by Crippen LogP contribution is -2.26. The standard InChI is InChI=1S/C13H18N2O3/c1-17-12-8-9(14)2-5-11(12)18-7-6-13(16)15-10-3-4-10/h2,5,8,10H,3-4,6-7,14H2,1H3,(H,15,16). The lowest BCUT2D eigenvalue weighted by molar-refractivity contribution is -0.121. The molecule has 3 N–H and O–H groups in total. The zero-order valence-corrected chi connectivity index (χ0v) is 10.4. The number of anilines is 1. The summed E-state index contributed by atoms with van der Waals surface area (Å²) in [5, 5.41) is 2.91. The van der Waals surface area contributed by atoms with Crippen molar-refractivity contribution in [1.82, 2.24) is 5.32 Å². The molecule has 0 heterocycles. The molecule has 1 saturated carbocycles. The molecule has 0 atom stereocenters. The van der Waals surface area contributed by atoms with Crippen LogP contribution in [0, 0.1) is 0 Å². The zero-order valence-electron chi connectivity index (χ0n) is 10.4.